The quantitative estimate of drug-likeness (QED) is 0.574. The molecular formula is C10H15NO3. The highest BCUT2D eigenvalue weighted by molar-refractivity contribution is 5.48. The van der Waals surface area contributed by atoms with Gasteiger partial charge in [0.1, 0.15) is 11.5 Å². The molecule has 0 amide bonds. The van der Waals surface area contributed by atoms with Crippen molar-refractivity contribution in [3.8, 4) is 11.5 Å². The van der Waals surface area contributed by atoms with E-state index in [4.69, 9.17) is 5.11 Å². The van der Waals surface area contributed by atoms with Gasteiger partial charge in [0.15, 0.2) is 0 Å². The second-order valence-electron chi connectivity index (χ2n) is 3.24. The van der Waals surface area contributed by atoms with E-state index in [2.05, 4.69) is 5.32 Å². The lowest BCUT2D eigenvalue weighted by Gasteiger charge is -2.16. The first-order chi connectivity index (χ1) is 6.60. The number of aliphatic hydroxyl groups excluding tert-OH is 1. The van der Waals surface area contributed by atoms with Gasteiger partial charge >= 0.3 is 0 Å². The average Bonchev–Trinajstić information content (AvgIpc) is 2.10. The molecule has 0 aliphatic rings. The van der Waals surface area contributed by atoms with Gasteiger partial charge in [-0.05, 0) is 31.7 Å². The van der Waals surface area contributed by atoms with Crippen LogP contribution >= 0.6 is 0 Å². The van der Waals surface area contributed by atoms with Crippen LogP contribution in [-0.2, 0) is 0 Å². The summed E-state index contributed by atoms with van der Waals surface area (Å²) >= 11 is 0. The molecule has 4 nitrogen and oxygen atoms in total. The lowest BCUT2D eigenvalue weighted by atomic mass is 10.0. The van der Waals surface area contributed by atoms with E-state index >= 15 is 0 Å². The zero-order valence-electron chi connectivity index (χ0n) is 8.28. The Morgan fingerprint density at radius 2 is 1.79 bits per heavy atom. The number of phenols is 2. The topological polar surface area (TPSA) is 72.7 Å². The second kappa shape index (κ2) is 4.30. The monoisotopic (exact) mass is 197 g/mol. The summed E-state index contributed by atoms with van der Waals surface area (Å²) in [7, 11) is 1.65. The molecule has 0 unspecified atom stereocenters. The van der Waals surface area contributed by atoms with Crippen LogP contribution in [0.25, 0.3) is 0 Å². The van der Waals surface area contributed by atoms with Crippen molar-refractivity contribution in [2.45, 2.75) is 13.0 Å². The maximum Gasteiger partial charge on any atom is 0.124 e. The molecule has 0 bridgehead atoms. The maximum atomic E-state index is 9.59. The Balaban J connectivity index is 3.19. The molecule has 4 N–H and O–H groups in total. The van der Waals surface area contributed by atoms with Crippen LogP contribution in [0.4, 0.5) is 0 Å². The molecule has 14 heavy (non-hydrogen) atoms. The Bertz CT molecular complexity index is 298. The van der Waals surface area contributed by atoms with Gasteiger partial charge in [0.05, 0.1) is 18.2 Å². The van der Waals surface area contributed by atoms with Gasteiger partial charge in [0, 0.05) is 0 Å². The summed E-state index contributed by atoms with van der Waals surface area (Å²) in [5.41, 5.74) is 1.11. The summed E-state index contributed by atoms with van der Waals surface area (Å²) in [6, 6.07) is 2.65. The molecule has 4 heteroatoms. The molecule has 0 fully saturated rings. The lowest BCUT2D eigenvalue weighted by Crippen LogP contribution is -2.20. The van der Waals surface area contributed by atoms with Crippen molar-refractivity contribution in [3.05, 3.63) is 23.3 Å². The number of aryl methyl sites for hydroxylation is 1. The SMILES string of the molecule is CN[C@H](CO)c1c(O)cc(C)cc1O. The highest BCUT2D eigenvalue weighted by Gasteiger charge is 2.17. The van der Waals surface area contributed by atoms with Gasteiger partial charge in [-0.25, -0.2) is 0 Å². The van der Waals surface area contributed by atoms with Crippen LogP contribution in [0.15, 0.2) is 12.1 Å². The van der Waals surface area contributed by atoms with Crippen molar-refractivity contribution in [3.63, 3.8) is 0 Å². The van der Waals surface area contributed by atoms with Crippen molar-refractivity contribution in [1.82, 2.24) is 5.32 Å². The zero-order chi connectivity index (χ0) is 10.7. The molecule has 0 aliphatic heterocycles. The van der Waals surface area contributed by atoms with E-state index in [-0.39, 0.29) is 18.1 Å². The molecule has 0 saturated carbocycles. The van der Waals surface area contributed by atoms with Gasteiger partial charge in [0.2, 0.25) is 0 Å². The molecule has 0 heterocycles. The van der Waals surface area contributed by atoms with Crippen LogP contribution in [0, 0.1) is 6.92 Å². The summed E-state index contributed by atoms with van der Waals surface area (Å²) in [6.07, 6.45) is 0. The molecule has 0 spiro atoms. The van der Waals surface area contributed by atoms with Crippen molar-refractivity contribution < 1.29 is 15.3 Å². The number of likely N-dealkylation sites (N-methyl/N-ethyl adjacent to an activating group) is 1. The van der Waals surface area contributed by atoms with Gasteiger partial charge in [-0.15, -0.1) is 0 Å². The van der Waals surface area contributed by atoms with Gasteiger partial charge in [-0.3, -0.25) is 0 Å². The largest absolute Gasteiger partial charge is 0.507 e. The van der Waals surface area contributed by atoms with Crippen LogP contribution in [0.5, 0.6) is 11.5 Å². The van der Waals surface area contributed by atoms with Crippen molar-refractivity contribution in [2.75, 3.05) is 13.7 Å². The summed E-state index contributed by atoms with van der Waals surface area (Å²) in [6.45, 7) is 1.59. The number of hydrogen-bond acceptors (Lipinski definition) is 4. The first-order valence-electron chi connectivity index (χ1n) is 4.40. The fourth-order valence-corrected chi connectivity index (χ4v) is 1.44. The number of aromatic hydroxyl groups is 2. The number of benzene rings is 1. The summed E-state index contributed by atoms with van der Waals surface area (Å²) < 4.78 is 0. The predicted octanol–water partition coefficient (Wildman–Crippen LogP) is 0.659. The molecule has 1 aromatic carbocycles. The molecule has 0 aliphatic carbocycles. The van der Waals surface area contributed by atoms with Crippen LogP contribution in [0.2, 0.25) is 0 Å². The van der Waals surface area contributed by atoms with E-state index in [1.165, 1.54) is 0 Å². The van der Waals surface area contributed by atoms with E-state index in [1.54, 1.807) is 26.1 Å². The highest BCUT2D eigenvalue weighted by Crippen LogP contribution is 2.33. The zero-order valence-corrected chi connectivity index (χ0v) is 8.28. The fraction of sp³-hybridized carbons (Fsp3) is 0.400. The van der Waals surface area contributed by atoms with Crippen molar-refractivity contribution >= 4 is 0 Å². The van der Waals surface area contributed by atoms with E-state index in [1.807, 2.05) is 0 Å². The van der Waals surface area contributed by atoms with Gasteiger partial charge in [-0.2, -0.15) is 0 Å². The van der Waals surface area contributed by atoms with Gasteiger partial charge in [0.25, 0.3) is 0 Å². The third-order valence-electron chi connectivity index (χ3n) is 2.16. The molecule has 0 aromatic heterocycles. The fourth-order valence-electron chi connectivity index (χ4n) is 1.44. The van der Waals surface area contributed by atoms with E-state index in [0.717, 1.165) is 5.56 Å². The highest BCUT2D eigenvalue weighted by atomic mass is 16.3. The minimum atomic E-state index is -0.449. The van der Waals surface area contributed by atoms with Crippen LogP contribution in [0.3, 0.4) is 0 Å². The molecule has 1 atom stereocenters. The molecule has 78 valence electrons. The Morgan fingerprint density at radius 1 is 1.29 bits per heavy atom. The van der Waals surface area contributed by atoms with Crippen LogP contribution in [0.1, 0.15) is 17.2 Å². The Morgan fingerprint density at radius 3 is 2.14 bits per heavy atom. The number of nitrogens with one attached hydrogen (secondary N) is 1. The minimum Gasteiger partial charge on any atom is -0.507 e. The summed E-state index contributed by atoms with van der Waals surface area (Å²) in [5.74, 6) is -0.00759. The van der Waals surface area contributed by atoms with E-state index in [0.29, 0.717) is 5.56 Å². The van der Waals surface area contributed by atoms with Crippen LogP contribution in [-0.4, -0.2) is 29.0 Å². The maximum absolute atomic E-state index is 9.59. The Kier molecular flexibility index (Phi) is 3.33. The molecular weight excluding hydrogens is 182 g/mol. The minimum absolute atomic E-state index is 0.00380. The van der Waals surface area contributed by atoms with E-state index < -0.39 is 6.04 Å². The van der Waals surface area contributed by atoms with Crippen molar-refractivity contribution in [2.24, 2.45) is 0 Å². The smallest absolute Gasteiger partial charge is 0.124 e. The number of rotatable bonds is 3. The number of phenolic OH excluding ortho intramolecular Hbond substituents is 2. The molecule has 0 saturated heterocycles. The number of aliphatic hydroxyl groups is 1. The molecule has 1 rings (SSSR count). The number of hydrogen-bond donors (Lipinski definition) is 4. The summed E-state index contributed by atoms with van der Waals surface area (Å²) in [5, 5.41) is 31.0. The third-order valence-corrected chi connectivity index (χ3v) is 2.16. The Labute approximate surface area is 82.8 Å². The third kappa shape index (κ3) is 1.97. The first-order valence-corrected chi connectivity index (χ1v) is 4.40. The van der Waals surface area contributed by atoms with Crippen LogP contribution < -0.4 is 5.32 Å². The predicted molar refractivity (Wildman–Crippen MR) is 53.4 cm³/mol. The summed E-state index contributed by atoms with van der Waals surface area (Å²) in [4.78, 5) is 0. The molecule has 1 aromatic rings. The van der Waals surface area contributed by atoms with E-state index in [9.17, 15) is 10.2 Å². The standard InChI is InChI=1S/C10H15NO3/c1-6-3-8(13)10(9(14)4-6)7(5-12)11-2/h3-4,7,11-14H,5H2,1-2H3/t7-/m1/s1. The van der Waals surface area contributed by atoms with Gasteiger partial charge in [-0.1, -0.05) is 0 Å². The normalized spacial score (nSPS) is 12.8. The van der Waals surface area contributed by atoms with Gasteiger partial charge < -0.3 is 20.6 Å². The van der Waals surface area contributed by atoms with Crippen molar-refractivity contribution in [1.29, 1.82) is 0 Å². The Hall–Kier alpha value is -1.26. The average molecular weight is 197 g/mol. The molecule has 0 radical (unpaired) electrons. The second-order valence-corrected chi connectivity index (χ2v) is 3.24. The lowest BCUT2D eigenvalue weighted by molar-refractivity contribution is 0.245. The first kappa shape index (κ1) is 10.8.